The maximum atomic E-state index is 12.4. The number of fused-ring (bicyclic) bond motifs is 1. The lowest BCUT2D eigenvalue weighted by molar-refractivity contribution is -0.385. The molecule has 0 saturated heterocycles. The van der Waals surface area contributed by atoms with Gasteiger partial charge in [-0.15, -0.1) is 0 Å². The van der Waals surface area contributed by atoms with E-state index in [0.29, 0.717) is 17.1 Å². The number of nitro groups is 1. The van der Waals surface area contributed by atoms with E-state index in [4.69, 9.17) is 21.1 Å². The Hall–Kier alpha value is -3.83. The van der Waals surface area contributed by atoms with Gasteiger partial charge in [0.1, 0.15) is 17.4 Å². The van der Waals surface area contributed by atoms with Crippen LogP contribution in [0.2, 0.25) is 5.02 Å². The summed E-state index contributed by atoms with van der Waals surface area (Å²) in [5.74, 6) is -0.324. The fourth-order valence-electron chi connectivity index (χ4n) is 2.84. The van der Waals surface area contributed by atoms with Crippen molar-refractivity contribution in [2.75, 3.05) is 0 Å². The lowest BCUT2D eigenvalue weighted by atomic mass is 10.2. The normalized spacial score (nSPS) is 10.8. The van der Waals surface area contributed by atoms with Crippen LogP contribution in [0.15, 0.2) is 53.3 Å². The maximum absolute atomic E-state index is 12.4. The SMILES string of the molecule is CCc1nn2c(=O)cc(COC(=O)c3ccc(Oc4ccc(Cl)cc4[N+](=O)[O-])cc3)nc2s1. The van der Waals surface area contributed by atoms with Crippen molar-refractivity contribution in [3.8, 4) is 11.5 Å². The smallest absolute Gasteiger partial charge is 0.338 e. The largest absolute Gasteiger partial charge is 0.456 e. The van der Waals surface area contributed by atoms with E-state index in [9.17, 15) is 19.7 Å². The Morgan fingerprint density at radius 2 is 1.97 bits per heavy atom. The lowest BCUT2D eigenvalue weighted by Gasteiger charge is -2.08. The summed E-state index contributed by atoms with van der Waals surface area (Å²) >= 11 is 7.10. The predicted molar refractivity (Wildman–Crippen MR) is 120 cm³/mol. The molecule has 10 nitrogen and oxygen atoms in total. The van der Waals surface area contributed by atoms with E-state index in [1.807, 2.05) is 6.92 Å². The van der Waals surface area contributed by atoms with Crippen LogP contribution in [0.3, 0.4) is 0 Å². The molecule has 4 aromatic rings. The molecule has 0 aliphatic heterocycles. The van der Waals surface area contributed by atoms with Gasteiger partial charge in [-0.3, -0.25) is 14.9 Å². The standard InChI is InChI=1S/C21H15ClN4O6S/c1-2-18-24-25-19(27)10-14(23-21(25)33-18)11-31-20(28)12-3-6-15(7-4-12)32-17-8-5-13(22)9-16(17)26(29)30/h3-10H,2,11H2,1H3. The molecule has 2 aromatic carbocycles. The van der Waals surface area contributed by atoms with Crippen molar-refractivity contribution in [1.82, 2.24) is 14.6 Å². The molecular formula is C21H15ClN4O6S. The number of halogens is 1. The lowest BCUT2D eigenvalue weighted by Crippen LogP contribution is -2.16. The van der Waals surface area contributed by atoms with E-state index in [1.54, 1.807) is 0 Å². The molecule has 0 unspecified atom stereocenters. The van der Waals surface area contributed by atoms with E-state index in [-0.39, 0.29) is 39.9 Å². The highest BCUT2D eigenvalue weighted by Gasteiger charge is 2.17. The van der Waals surface area contributed by atoms with Crippen LogP contribution in [0.25, 0.3) is 4.96 Å². The zero-order chi connectivity index (χ0) is 23.5. The van der Waals surface area contributed by atoms with Gasteiger partial charge in [-0.2, -0.15) is 9.61 Å². The van der Waals surface area contributed by atoms with Gasteiger partial charge in [0.15, 0.2) is 0 Å². The molecule has 0 spiro atoms. The molecule has 33 heavy (non-hydrogen) atoms. The number of aromatic nitrogens is 3. The fourth-order valence-corrected chi connectivity index (χ4v) is 3.87. The summed E-state index contributed by atoms with van der Waals surface area (Å²) in [5, 5.41) is 16.3. The van der Waals surface area contributed by atoms with Crippen LogP contribution in [-0.2, 0) is 17.8 Å². The summed E-state index contributed by atoms with van der Waals surface area (Å²) in [6.45, 7) is 1.75. The summed E-state index contributed by atoms with van der Waals surface area (Å²) in [6.07, 6.45) is 0.683. The first-order valence-corrected chi connectivity index (χ1v) is 10.8. The number of rotatable bonds is 7. The second-order valence-corrected chi connectivity index (χ2v) is 8.18. The zero-order valence-electron chi connectivity index (χ0n) is 17.1. The topological polar surface area (TPSA) is 126 Å². The molecule has 2 aromatic heterocycles. The first-order valence-electron chi connectivity index (χ1n) is 9.61. The fraction of sp³-hybridized carbons (Fsp3) is 0.143. The highest BCUT2D eigenvalue weighted by molar-refractivity contribution is 7.16. The number of benzene rings is 2. The number of ether oxygens (including phenoxy) is 2. The van der Waals surface area contributed by atoms with E-state index < -0.39 is 10.9 Å². The summed E-state index contributed by atoms with van der Waals surface area (Å²) in [5.41, 5.74) is -0.0791. The van der Waals surface area contributed by atoms with Crippen molar-refractivity contribution in [1.29, 1.82) is 0 Å². The zero-order valence-corrected chi connectivity index (χ0v) is 18.6. The van der Waals surface area contributed by atoms with Gasteiger partial charge in [0.25, 0.3) is 5.56 Å². The summed E-state index contributed by atoms with van der Waals surface area (Å²) < 4.78 is 12.0. The first-order chi connectivity index (χ1) is 15.8. The van der Waals surface area contributed by atoms with Crippen molar-refractivity contribution in [3.05, 3.63) is 90.3 Å². The Kier molecular flexibility index (Phi) is 6.33. The van der Waals surface area contributed by atoms with Gasteiger partial charge in [-0.1, -0.05) is 29.9 Å². The van der Waals surface area contributed by atoms with Crippen LogP contribution in [0, 0.1) is 10.1 Å². The van der Waals surface area contributed by atoms with E-state index in [1.165, 1.54) is 64.4 Å². The van der Waals surface area contributed by atoms with Gasteiger partial charge in [0.2, 0.25) is 10.7 Å². The average molecular weight is 487 g/mol. The number of esters is 1. The minimum absolute atomic E-state index is 0.0155. The summed E-state index contributed by atoms with van der Waals surface area (Å²) in [6, 6.07) is 11.2. The highest BCUT2D eigenvalue weighted by atomic mass is 35.5. The molecule has 2 heterocycles. The minimum atomic E-state index is -0.625. The quantitative estimate of drug-likeness (QED) is 0.213. The average Bonchev–Trinajstić information content (AvgIpc) is 3.23. The molecular weight excluding hydrogens is 472 g/mol. The first kappa shape index (κ1) is 22.4. The van der Waals surface area contributed by atoms with Crippen LogP contribution < -0.4 is 10.3 Å². The van der Waals surface area contributed by atoms with E-state index in [0.717, 1.165) is 5.01 Å². The number of nitrogens with zero attached hydrogens (tertiary/aromatic N) is 4. The van der Waals surface area contributed by atoms with Gasteiger partial charge >= 0.3 is 11.7 Å². The Bertz CT molecular complexity index is 1420. The predicted octanol–water partition coefficient (Wildman–Crippen LogP) is 4.42. The molecule has 4 rings (SSSR count). The third-order valence-corrected chi connectivity index (χ3v) is 5.72. The molecule has 0 amide bonds. The number of carbonyl (C=O) groups excluding carboxylic acids is 1. The van der Waals surface area contributed by atoms with Gasteiger partial charge in [-0.25, -0.2) is 9.78 Å². The van der Waals surface area contributed by atoms with Crippen molar-refractivity contribution >= 4 is 39.6 Å². The molecule has 168 valence electrons. The molecule has 0 aliphatic rings. The number of nitro benzene ring substituents is 1. The number of carbonyl (C=O) groups is 1. The van der Waals surface area contributed by atoms with Gasteiger partial charge < -0.3 is 9.47 Å². The Morgan fingerprint density at radius 3 is 2.67 bits per heavy atom. The maximum Gasteiger partial charge on any atom is 0.338 e. The van der Waals surface area contributed by atoms with Crippen LogP contribution in [0.5, 0.6) is 11.5 Å². The molecule has 0 radical (unpaired) electrons. The van der Waals surface area contributed by atoms with Crippen LogP contribution in [0.4, 0.5) is 5.69 Å². The third kappa shape index (κ3) is 4.99. The van der Waals surface area contributed by atoms with Gasteiger partial charge in [0.05, 0.1) is 16.2 Å². The molecule has 0 N–H and O–H groups in total. The van der Waals surface area contributed by atoms with Crippen molar-refractivity contribution in [3.63, 3.8) is 0 Å². The summed E-state index contributed by atoms with van der Waals surface area (Å²) in [7, 11) is 0. The van der Waals surface area contributed by atoms with Crippen molar-refractivity contribution in [2.24, 2.45) is 0 Å². The Morgan fingerprint density at radius 1 is 1.21 bits per heavy atom. The van der Waals surface area contributed by atoms with Gasteiger partial charge in [-0.05, 0) is 42.8 Å². The van der Waals surface area contributed by atoms with Crippen LogP contribution >= 0.6 is 22.9 Å². The van der Waals surface area contributed by atoms with Gasteiger partial charge in [0, 0.05) is 17.2 Å². The number of aryl methyl sites for hydroxylation is 1. The molecule has 12 heteroatoms. The molecule has 0 fully saturated rings. The molecule has 0 bridgehead atoms. The van der Waals surface area contributed by atoms with E-state index >= 15 is 0 Å². The van der Waals surface area contributed by atoms with Crippen LogP contribution in [0.1, 0.15) is 28.0 Å². The second kappa shape index (κ2) is 9.35. The Balaban J connectivity index is 1.43. The molecule has 0 aliphatic carbocycles. The Labute approximate surface area is 195 Å². The monoisotopic (exact) mass is 486 g/mol. The minimum Gasteiger partial charge on any atom is -0.456 e. The number of hydrogen-bond donors (Lipinski definition) is 0. The molecule has 0 saturated carbocycles. The van der Waals surface area contributed by atoms with E-state index in [2.05, 4.69) is 10.1 Å². The third-order valence-electron chi connectivity index (χ3n) is 4.43. The summed E-state index contributed by atoms with van der Waals surface area (Å²) in [4.78, 5) is 39.9. The highest BCUT2D eigenvalue weighted by Crippen LogP contribution is 2.33. The van der Waals surface area contributed by atoms with Crippen molar-refractivity contribution < 1.29 is 19.2 Å². The molecule has 0 atom stereocenters. The van der Waals surface area contributed by atoms with Crippen LogP contribution in [-0.4, -0.2) is 25.5 Å². The number of hydrogen-bond acceptors (Lipinski definition) is 9. The second-order valence-electron chi connectivity index (χ2n) is 6.70. The van der Waals surface area contributed by atoms with Crippen molar-refractivity contribution in [2.45, 2.75) is 20.0 Å².